The van der Waals surface area contributed by atoms with E-state index in [4.69, 9.17) is 5.73 Å². The molecule has 0 saturated heterocycles. The zero-order valence-electron chi connectivity index (χ0n) is 12.8. The van der Waals surface area contributed by atoms with Gasteiger partial charge in [0.25, 0.3) is 0 Å². The van der Waals surface area contributed by atoms with Gasteiger partial charge in [-0.15, -0.1) is 0 Å². The van der Waals surface area contributed by atoms with E-state index < -0.39 is 0 Å². The fourth-order valence-electron chi connectivity index (χ4n) is 2.12. The van der Waals surface area contributed by atoms with Crippen LogP contribution in [0.15, 0.2) is 18.2 Å². The molecule has 0 aliphatic rings. The van der Waals surface area contributed by atoms with Gasteiger partial charge < -0.3 is 11.1 Å². The van der Waals surface area contributed by atoms with E-state index in [1.165, 1.54) is 11.1 Å². The first-order valence-electron chi connectivity index (χ1n) is 6.86. The summed E-state index contributed by atoms with van der Waals surface area (Å²) in [5, 5.41) is 3.36. The molecule has 0 bridgehead atoms. The van der Waals surface area contributed by atoms with Gasteiger partial charge in [0, 0.05) is 17.2 Å². The number of nitrogen functional groups attached to an aromatic ring is 1. The Labute approximate surface area is 120 Å². The van der Waals surface area contributed by atoms with Crippen LogP contribution in [0.25, 0.3) is 0 Å². The lowest BCUT2D eigenvalue weighted by molar-refractivity contribution is 0.776. The number of benzene rings is 1. The van der Waals surface area contributed by atoms with Gasteiger partial charge in [-0.25, -0.2) is 9.97 Å². The van der Waals surface area contributed by atoms with Crippen LogP contribution in [0.2, 0.25) is 0 Å². The SMILES string of the molecule is Cc1cc(C)cc(Nc2nc(C(C)C)nc(N)c2C)c1. The van der Waals surface area contributed by atoms with Crippen LogP contribution in [-0.4, -0.2) is 9.97 Å². The standard InChI is InChI=1S/C16H22N4/c1-9(2)15-19-14(17)12(5)16(20-15)18-13-7-10(3)6-11(4)8-13/h6-9H,1-5H3,(H3,17,18,19,20). The van der Waals surface area contributed by atoms with Crippen LogP contribution < -0.4 is 11.1 Å². The first-order valence-corrected chi connectivity index (χ1v) is 6.86. The van der Waals surface area contributed by atoms with Crippen LogP contribution in [0, 0.1) is 20.8 Å². The number of hydrogen-bond donors (Lipinski definition) is 2. The highest BCUT2D eigenvalue weighted by Crippen LogP contribution is 2.25. The molecular formula is C16H22N4. The third-order valence-electron chi connectivity index (χ3n) is 3.20. The molecule has 0 aliphatic heterocycles. The summed E-state index contributed by atoms with van der Waals surface area (Å²) in [4.78, 5) is 8.92. The highest BCUT2D eigenvalue weighted by molar-refractivity contribution is 5.64. The molecule has 0 aliphatic carbocycles. The van der Waals surface area contributed by atoms with E-state index >= 15 is 0 Å². The van der Waals surface area contributed by atoms with Crippen LogP contribution in [0.5, 0.6) is 0 Å². The maximum absolute atomic E-state index is 5.98. The lowest BCUT2D eigenvalue weighted by Gasteiger charge is -2.14. The van der Waals surface area contributed by atoms with Crippen molar-refractivity contribution in [2.45, 2.75) is 40.5 Å². The molecule has 0 fully saturated rings. The lowest BCUT2D eigenvalue weighted by Crippen LogP contribution is -2.08. The summed E-state index contributed by atoms with van der Waals surface area (Å²) in [6.45, 7) is 10.2. The Morgan fingerprint density at radius 2 is 1.60 bits per heavy atom. The average Bonchev–Trinajstić information content (AvgIpc) is 2.33. The van der Waals surface area contributed by atoms with E-state index in [1.807, 2.05) is 6.92 Å². The molecule has 4 heteroatoms. The number of nitrogens with one attached hydrogen (secondary N) is 1. The van der Waals surface area contributed by atoms with E-state index in [-0.39, 0.29) is 5.92 Å². The Hall–Kier alpha value is -2.10. The van der Waals surface area contributed by atoms with Crippen LogP contribution >= 0.6 is 0 Å². The fourth-order valence-corrected chi connectivity index (χ4v) is 2.12. The van der Waals surface area contributed by atoms with E-state index in [1.54, 1.807) is 0 Å². The minimum atomic E-state index is 0.248. The minimum Gasteiger partial charge on any atom is -0.383 e. The highest BCUT2D eigenvalue weighted by atomic mass is 15.1. The molecule has 2 aromatic rings. The lowest BCUT2D eigenvalue weighted by atomic mass is 10.1. The summed E-state index contributed by atoms with van der Waals surface area (Å²) in [6.07, 6.45) is 0. The van der Waals surface area contributed by atoms with Crippen molar-refractivity contribution in [2.24, 2.45) is 0 Å². The van der Waals surface area contributed by atoms with Crippen molar-refractivity contribution in [2.75, 3.05) is 11.1 Å². The van der Waals surface area contributed by atoms with Crippen molar-refractivity contribution < 1.29 is 0 Å². The van der Waals surface area contributed by atoms with Crippen molar-refractivity contribution in [3.63, 3.8) is 0 Å². The maximum atomic E-state index is 5.98. The molecular weight excluding hydrogens is 248 g/mol. The Morgan fingerprint density at radius 3 is 2.15 bits per heavy atom. The molecule has 0 radical (unpaired) electrons. The van der Waals surface area contributed by atoms with Crippen molar-refractivity contribution in [3.8, 4) is 0 Å². The van der Waals surface area contributed by atoms with Gasteiger partial charge in [0.15, 0.2) is 0 Å². The number of nitrogens with two attached hydrogens (primary N) is 1. The predicted molar refractivity (Wildman–Crippen MR) is 84.5 cm³/mol. The van der Waals surface area contributed by atoms with E-state index in [0.717, 1.165) is 22.9 Å². The highest BCUT2D eigenvalue weighted by Gasteiger charge is 2.11. The van der Waals surface area contributed by atoms with Crippen LogP contribution in [0.1, 0.15) is 42.3 Å². The van der Waals surface area contributed by atoms with Crippen molar-refractivity contribution in [1.82, 2.24) is 9.97 Å². The van der Waals surface area contributed by atoms with E-state index in [9.17, 15) is 0 Å². The first-order chi connectivity index (χ1) is 9.36. The second kappa shape index (κ2) is 5.49. The Bertz CT molecular complexity index is 612. The summed E-state index contributed by atoms with van der Waals surface area (Å²) in [7, 11) is 0. The van der Waals surface area contributed by atoms with E-state index in [0.29, 0.717) is 5.82 Å². The van der Waals surface area contributed by atoms with Gasteiger partial charge in [0.2, 0.25) is 0 Å². The smallest absolute Gasteiger partial charge is 0.139 e. The molecule has 3 N–H and O–H groups in total. The number of nitrogens with zero attached hydrogens (tertiary/aromatic N) is 2. The normalized spacial score (nSPS) is 10.9. The predicted octanol–water partition coefficient (Wildman–Crippen LogP) is 3.85. The van der Waals surface area contributed by atoms with Crippen LogP contribution in [-0.2, 0) is 0 Å². The molecule has 1 aromatic carbocycles. The number of rotatable bonds is 3. The van der Waals surface area contributed by atoms with Crippen LogP contribution in [0.4, 0.5) is 17.3 Å². The maximum Gasteiger partial charge on any atom is 0.139 e. The van der Waals surface area contributed by atoms with Gasteiger partial charge in [-0.1, -0.05) is 19.9 Å². The van der Waals surface area contributed by atoms with Crippen molar-refractivity contribution >= 4 is 17.3 Å². The number of aryl methyl sites for hydroxylation is 2. The molecule has 4 nitrogen and oxygen atoms in total. The zero-order valence-corrected chi connectivity index (χ0v) is 12.8. The molecule has 1 aromatic heterocycles. The molecule has 1 heterocycles. The van der Waals surface area contributed by atoms with Crippen molar-refractivity contribution in [3.05, 3.63) is 40.7 Å². The molecule has 20 heavy (non-hydrogen) atoms. The fraction of sp³-hybridized carbons (Fsp3) is 0.375. The second-order valence-electron chi connectivity index (χ2n) is 5.60. The molecule has 106 valence electrons. The van der Waals surface area contributed by atoms with Crippen molar-refractivity contribution in [1.29, 1.82) is 0 Å². The number of hydrogen-bond acceptors (Lipinski definition) is 4. The summed E-state index contributed by atoms with van der Waals surface area (Å²) in [5.74, 6) is 2.33. The van der Waals surface area contributed by atoms with Gasteiger partial charge in [-0.2, -0.15) is 0 Å². The number of anilines is 3. The molecule has 0 amide bonds. The summed E-state index contributed by atoms with van der Waals surface area (Å²) >= 11 is 0. The van der Waals surface area contributed by atoms with E-state index in [2.05, 4.69) is 61.2 Å². The molecule has 2 rings (SSSR count). The summed E-state index contributed by atoms with van der Waals surface area (Å²) in [5.41, 5.74) is 10.3. The topological polar surface area (TPSA) is 63.8 Å². The molecule has 0 unspecified atom stereocenters. The molecule has 0 saturated carbocycles. The average molecular weight is 270 g/mol. The van der Waals surface area contributed by atoms with Gasteiger partial charge in [-0.05, 0) is 44.0 Å². The minimum absolute atomic E-state index is 0.248. The van der Waals surface area contributed by atoms with Crippen LogP contribution in [0.3, 0.4) is 0 Å². The first kappa shape index (κ1) is 14.3. The number of aromatic nitrogens is 2. The third-order valence-corrected chi connectivity index (χ3v) is 3.20. The third kappa shape index (κ3) is 3.07. The quantitative estimate of drug-likeness (QED) is 0.889. The van der Waals surface area contributed by atoms with Gasteiger partial charge >= 0.3 is 0 Å². The van der Waals surface area contributed by atoms with Gasteiger partial charge in [0.1, 0.15) is 17.5 Å². The Kier molecular flexibility index (Phi) is 3.93. The molecule has 0 spiro atoms. The largest absolute Gasteiger partial charge is 0.383 e. The second-order valence-corrected chi connectivity index (χ2v) is 5.60. The zero-order chi connectivity index (χ0) is 14.9. The summed E-state index contributed by atoms with van der Waals surface area (Å²) in [6, 6.07) is 6.34. The Morgan fingerprint density at radius 1 is 1.00 bits per heavy atom. The molecule has 0 atom stereocenters. The Balaban J connectivity index is 2.42. The van der Waals surface area contributed by atoms with Gasteiger partial charge in [-0.3, -0.25) is 0 Å². The summed E-state index contributed by atoms with van der Waals surface area (Å²) < 4.78 is 0. The monoisotopic (exact) mass is 270 g/mol. The van der Waals surface area contributed by atoms with Gasteiger partial charge in [0.05, 0.1) is 0 Å².